The lowest BCUT2D eigenvalue weighted by molar-refractivity contribution is -0.127. The second-order valence-electron chi connectivity index (χ2n) is 9.29. The predicted molar refractivity (Wildman–Crippen MR) is 116 cm³/mol. The molecule has 6 heteroatoms. The molecule has 1 aliphatic heterocycles. The van der Waals surface area contributed by atoms with Crippen molar-refractivity contribution in [3.63, 3.8) is 0 Å². The summed E-state index contributed by atoms with van der Waals surface area (Å²) >= 11 is 0. The van der Waals surface area contributed by atoms with Crippen LogP contribution in [0, 0.1) is 38.5 Å². The lowest BCUT2D eigenvalue weighted by Gasteiger charge is -2.37. The number of rotatable bonds is 4. The molecule has 2 fully saturated rings. The first-order valence-corrected chi connectivity index (χ1v) is 12.4. The lowest BCUT2D eigenvalue weighted by Crippen LogP contribution is -2.48. The van der Waals surface area contributed by atoms with Crippen LogP contribution >= 0.6 is 0 Å². The van der Waals surface area contributed by atoms with Crippen molar-refractivity contribution in [2.75, 3.05) is 13.1 Å². The minimum absolute atomic E-state index is 0.0916. The fraction of sp³-hybridized carbons (Fsp3) is 0.696. The summed E-state index contributed by atoms with van der Waals surface area (Å²) in [5.74, 6) is 1.16. The van der Waals surface area contributed by atoms with Crippen LogP contribution in [0.25, 0.3) is 0 Å². The van der Waals surface area contributed by atoms with Crippen molar-refractivity contribution < 1.29 is 13.2 Å². The number of carbonyl (C=O) groups excluding carboxylic acids is 1. The zero-order valence-electron chi connectivity index (χ0n) is 18.5. The molecular formula is C23H36N2O3S. The normalized spacial score (nSPS) is 27.0. The molecule has 3 rings (SSSR count). The van der Waals surface area contributed by atoms with Crippen LogP contribution in [0.5, 0.6) is 0 Å². The molecule has 0 aromatic heterocycles. The van der Waals surface area contributed by atoms with Crippen LogP contribution in [-0.2, 0) is 14.8 Å². The molecule has 1 aliphatic carbocycles. The Morgan fingerprint density at radius 2 is 1.59 bits per heavy atom. The SMILES string of the molecule is Cc1cc(C)c(S(=O)(=O)N2CCC(C(=O)NC3CCCC(C)C3C)CC2)c(C)c1. The number of hydrogen-bond donors (Lipinski definition) is 1. The van der Waals surface area contributed by atoms with Crippen molar-refractivity contribution in [1.82, 2.24) is 9.62 Å². The molecule has 3 unspecified atom stereocenters. The van der Waals surface area contributed by atoms with Gasteiger partial charge >= 0.3 is 0 Å². The first kappa shape index (κ1) is 22.3. The molecule has 1 aromatic carbocycles. The van der Waals surface area contributed by atoms with Crippen LogP contribution < -0.4 is 5.32 Å². The molecule has 29 heavy (non-hydrogen) atoms. The molecule has 0 bridgehead atoms. The van der Waals surface area contributed by atoms with Gasteiger partial charge in [0.25, 0.3) is 0 Å². The number of benzene rings is 1. The molecule has 3 atom stereocenters. The molecule has 1 amide bonds. The Morgan fingerprint density at radius 3 is 2.17 bits per heavy atom. The van der Waals surface area contributed by atoms with Gasteiger partial charge in [0.1, 0.15) is 0 Å². The third-order valence-electron chi connectivity index (χ3n) is 7.06. The Bertz CT molecular complexity index is 834. The summed E-state index contributed by atoms with van der Waals surface area (Å²) in [6, 6.07) is 4.10. The summed E-state index contributed by atoms with van der Waals surface area (Å²) in [5, 5.41) is 3.27. The number of piperidine rings is 1. The molecule has 1 saturated carbocycles. The third-order valence-corrected chi connectivity index (χ3v) is 9.27. The largest absolute Gasteiger partial charge is 0.353 e. The van der Waals surface area contributed by atoms with Crippen molar-refractivity contribution >= 4 is 15.9 Å². The molecule has 2 aliphatic rings. The average Bonchev–Trinajstić information content (AvgIpc) is 2.64. The molecule has 0 spiro atoms. The van der Waals surface area contributed by atoms with Gasteiger partial charge in [-0.2, -0.15) is 4.31 Å². The van der Waals surface area contributed by atoms with Gasteiger partial charge in [-0.1, -0.05) is 44.4 Å². The summed E-state index contributed by atoms with van der Waals surface area (Å²) < 4.78 is 28.0. The smallest absolute Gasteiger partial charge is 0.243 e. The van der Waals surface area contributed by atoms with E-state index in [-0.39, 0.29) is 17.9 Å². The highest BCUT2D eigenvalue weighted by molar-refractivity contribution is 7.89. The Kier molecular flexibility index (Phi) is 6.74. The molecule has 5 nitrogen and oxygen atoms in total. The van der Waals surface area contributed by atoms with Gasteiger partial charge < -0.3 is 5.32 Å². The molecule has 1 N–H and O–H groups in total. The maximum absolute atomic E-state index is 13.2. The number of nitrogens with one attached hydrogen (secondary N) is 1. The van der Waals surface area contributed by atoms with Crippen molar-refractivity contribution in [1.29, 1.82) is 0 Å². The van der Waals surface area contributed by atoms with Crippen LogP contribution in [0.2, 0.25) is 0 Å². The summed E-state index contributed by atoms with van der Waals surface area (Å²) in [7, 11) is -3.53. The number of hydrogen-bond acceptors (Lipinski definition) is 3. The maximum atomic E-state index is 13.2. The van der Waals surface area contributed by atoms with Crippen LogP contribution in [0.15, 0.2) is 17.0 Å². The first-order chi connectivity index (χ1) is 13.6. The van der Waals surface area contributed by atoms with E-state index >= 15 is 0 Å². The van der Waals surface area contributed by atoms with Crippen molar-refractivity contribution in [3.8, 4) is 0 Å². The van der Waals surface area contributed by atoms with E-state index in [1.165, 1.54) is 12.8 Å². The van der Waals surface area contributed by atoms with Gasteiger partial charge in [0.05, 0.1) is 4.90 Å². The fourth-order valence-electron chi connectivity index (χ4n) is 5.15. The van der Waals surface area contributed by atoms with Gasteiger partial charge in [-0.25, -0.2) is 8.42 Å². The topological polar surface area (TPSA) is 66.5 Å². The summed E-state index contributed by atoms with van der Waals surface area (Å²) in [4.78, 5) is 13.2. The quantitative estimate of drug-likeness (QED) is 0.802. The Morgan fingerprint density at radius 1 is 1.00 bits per heavy atom. The Balaban J connectivity index is 1.63. The van der Waals surface area contributed by atoms with Gasteiger partial charge in [0.2, 0.25) is 15.9 Å². The van der Waals surface area contributed by atoms with Gasteiger partial charge in [-0.3, -0.25) is 4.79 Å². The van der Waals surface area contributed by atoms with E-state index in [0.29, 0.717) is 42.7 Å². The van der Waals surface area contributed by atoms with Crippen molar-refractivity contribution in [3.05, 3.63) is 28.8 Å². The van der Waals surface area contributed by atoms with E-state index in [2.05, 4.69) is 19.2 Å². The monoisotopic (exact) mass is 420 g/mol. The molecule has 162 valence electrons. The van der Waals surface area contributed by atoms with E-state index in [9.17, 15) is 13.2 Å². The summed E-state index contributed by atoms with van der Waals surface area (Å²) in [6.07, 6.45) is 4.64. The van der Waals surface area contributed by atoms with E-state index in [0.717, 1.165) is 23.1 Å². The second-order valence-corrected chi connectivity index (χ2v) is 11.2. The zero-order chi connectivity index (χ0) is 21.3. The summed E-state index contributed by atoms with van der Waals surface area (Å²) in [6.45, 7) is 11.0. The highest BCUT2D eigenvalue weighted by atomic mass is 32.2. The number of amides is 1. The Hall–Kier alpha value is -1.40. The van der Waals surface area contributed by atoms with E-state index in [1.54, 1.807) is 4.31 Å². The lowest BCUT2D eigenvalue weighted by atomic mass is 9.78. The minimum atomic E-state index is -3.53. The number of carbonyl (C=O) groups is 1. The van der Waals surface area contributed by atoms with Crippen LogP contribution in [0.4, 0.5) is 0 Å². The fourth-order valence-corrected chi connectivity index (χ4v) is 7.03. The van der Waals surface area contributed by atoms with Crippen LogP contribution in [0.1, 0.15) is 62.6 Å². The number of nitrogens with zero attached hydrogens (tertiary/aromatic N) is 1. The molecular weight excluding hydrogens is 384 g/mol. The Labute approximate surface area is 176 Å². The van der Waals surface area contributed by atoms with Crippen molar-refractivity contribution in [2.45, 2.75) is 77.7 Å². The maximum Gasteiger partial charge on any atom is 0.243 e. The molecule has 1 heterocycles. The number of sulfonamides is 1. The van der Waals surface area contributed by atoms with Gasteiger partial charge in [0.15, 0.2) is 0 Å². The standard InChI is InChI=1S/C23H36N2O3S/c1-15-13-17(3)22(18(4)14-15)29(27,28)25-11-9-20(10-12-25)23(26)24-21-8-6-7-16(2)19(21)5/h13-14,16,19-21H,6-12H2,1-5H3,(H,24,26). The van der Waals surface area contributed by atoms with Crippen LogP contribution in [0.3, 0.4) is 0 Å². The predicted octanol–water partition coefficient (Wildman–Crippen LogP) is 3.95. The minimum Gasteiger partial charge on any atom is -0.353 e. The van der Waals surface area contributed by atoms with Gasteiger partial charge in [0, 0.05) is 25.0 Å². The van der Waals surface area contributed by atoms with E-state index in [1.807, 2.05) is 32.9 Å². The average molecular weight is 421 g/mol. The molecule has 1 saturated heterocycles. The zero-order valence-corrected chi connectivity index (χ0v) is 19.3. The first-order valence-electron chi connectivity index (χ1n) is 11.0. The second kappa shape index (κ2) is 8.76. The highest BCUT2D eigenvalue weighted by Gasteiger charge is 2.35. The van der Waals surface area contributed by atoms with Gasteiger partial charge in [-0.15, -0.1) is 0 Å². The third kappa shape index (κ3) is 4.69. The summed E-state index contributed by atoms with van der Waals surface area (Å²) in [5.41, 5.74) is 2.66. The molecule has 0 radical (unpaired) electrons. The highest BCUT2D eigenvalue weighted by Crippen LogP contribution is 2.31. The van der Waals surface area contributed by atoms with Crippen molar-refractivity contribution in [2.24, 2.45) is 17.8 Å². The van der Waals surface area contributed by atoms with Crippen LogP contribution in [-0.4, -0.2) is 37.8 Å². The van der Waals surface area contributed by atoms with E-state index in [4.69, 9.17) is 0 Å². The number of aryl methyl sites for hydroxylation is 3. The molecule has 1 aromatic rings. The van der Waals surface area contributed by atoms with E-state index < -0.39 is 10.0 Å². The van der Waals surface area contributed by atoms with Gasteiger partial charge in [-0.05, 0) is 63.0 Å².